The molecule has 0 saturated carbocycles. The molecule has 0 radical (unpaired) electrons. The van der Waals surface area contributed by atoms with Crippen molar-refractivity contribution >= 4 is 5.97 Å². The Bertz CT molecular complexity index is 205. The molecule has 0 saturated heterocycles. The van der Waals surface area contributed by atoms with Gasteiger partial charge in [-0.15, -0.1) is 0 Å². The molecule has 19 heavy (non-hydrogen) atoms. The monoisotopic (exact) mass is 270 g/mol. The van der Waals surface area contributed by atoms with Crippen LogP contribution in [0.4, 0.5) is 0 Å². The van der Waals surface area contributed by atoms with Crippen LogP contribution in [0.2, 0.25) is 0 Å². The Morgan fingerprint density at radius 2 is 1.16 bits per heavy atom. The van der Waals surface area contributed by atoms with E-state index in [9.17, 15) is 4.79 Å². The van der Waals surface area contributed by atoms with Crippen LogP contribution in [0.15, 0.2) is 0 Å². The molecule has 0 aromatic heterocycles. The molecule has 0 aromatic rings. The zero-order chi connectivity index (χ0) is 14.5. The lowest BCUT2D eigenvalue weighted by Crippen LogP contribution is -2.17. The number of hydrogen-bond acceptors (Lipinski definition) is 1. The Hall–Kier alpha value is -0.530. The number of unbranched alkanes of at least 4 members (excludes halogenated alkanes) is 3. The molecule has 1 unspecified atom stereocenters. The third-order valence-corrected chi connectivity index (χ3v) is 4.18. The summed E-state index contributed by atoms with van der Waals surface area (Å²) in [7, 11) is 0. The predicted octanol–water partition coefficient (Wildman–Crippen LogP) is 5.65. The van der Waals surface area contributed by atoms with E-state index in [0.29, 0.717) is 12.3 Å². The van der Waals surface area contributed by atoms with Crippen LogP contribution in [0.3, 0.4) is 0 Å². The van der Waals surface area contributed by atoms with Gasteiger partial charge in [-0.2, -0.15) is 0 Å². The lowest BCUT2D eigenvalue weighted by molar-refractivity contribution is -0.137. The number of hydrogen-bond donors (Lipinski definition) is 1. The first-order valence-electron chi connectivity index (χ1n) is 8.37. The second-order valence-electron chi connectivity index (χ2n) is 5.88. The Balaban J connectivity index is 4.42. The Labute approximate surface area is 120 Å². The van der Waals surface area contributed by atoms with Crippen LogP contribution in [-0.4, -0.2) is 11.1 Å². The van der Waals surface area contributed by atoms with Crippen molar-refractivity contribution in [2.24, 2.45) is 11.8 Å². The van der Waals surface area contributed by atoms with Gasteiger partial charge in [-0.05, 0) is 18.3 Å². The number of carboxylic acids is 1. The maximum atomic E-state index is 10.8. The van der Waals surface area contributed by atoms with Gasteiger partial charge in [0.05, 0.1) is 0 Å². The molecule has 0 aliphatic rings. The molecule has 114 valence electrons. The smallest absolute Gasteiger partial charge is 0.303 e. The first-order chi connectivity index (χ1) is 9.15. The van der Waals surface area contributed by atoms with Crippen LogP contribution in [-0.2, 0) is 4.79 Å². The Morgan fingerprint density at radius 3 is 1.47 bits per heavy atom. The van der Waals surface area contributed by atoms with E-state index in [2.05, 4.69) is 20.8 Å². The standard InChI is InChI=1S/C17H34O2/c1-4-7-10-15(11-8-5-2)16(12-9-6-3)13-14-17(18)19/h15-16H,4-14H2,1-3H3,(H,18,19). The first kappa shape index (κ1) is 18.5. The van der Waals surface area contributed by atoms with Crippen LogP contribution >= 0.6 is 0 Å². The third-order valence-electron chi connectivity index (χ3n) is 4.18. The van der Waals surface area contributed by atoms with E-state index in [1.807, 2.05) is 0 Å². The summed E-state index contributed by atoms with van der Waals surface area (Å²) >= 11 is 0. The van der Waals surface area contributed by atoms with Gasteiger partial charge in [0.1, 0.15) is 0 Å². The average Bonchev–Trinajstić information content (AvgIpc) is 2.40. The van der Waals surface area contributed by atoms with Crippen molar-refractivity contribution < 1.29 is 9.90 Å². The maximum Gasteiger partial charge on any atom is 0.303 e. The van der Waals surface area contributed by atoms with E-state index in [1.165, 1.54) is 57.8 Å². The number of carbonyl (C=O) groups is 1. The molecule has 0 amide bonds. The summed E-state index contributed by atoms with van der Waals surface area (Å²) in [5.74, 6) is 0.756. The third kappa shape index (κ3) is 9.98. The molecule has 1 N–H and O–H groups in total. The lowest BCUT2D eigenvalue weighted by atomic mass is 9.79. The van der Waals surface area contributed by atoms with Gasteiger partial charge in [0, 0.05) is 6.42 Å². The largest absolute Gasteiger partial charge is 0.481 e. The van der Waals surface area contributed by atoms with E-state index >= 15 is 0 Å². The highest BCUT2D eigenvalue weighted by Gasteiger charge is 2.21. The molecule has 0 spiro atoms. The zero-order valence-electron chi connectivity index (χ0n) is 13.3. The fraction of sp³-hybridized carbons (Fsp3) is 0.941. The van der Waals surface area contributed by atoms with Crippen LogP contribution in [0, 0.1) is 11.8 Å². The Kier molecular flexibility index (Phi) is 12.2. The molecule has 0 bridgehead atoms. The van der Waals surface area contributed by atoms with Crippen LogP contribution in [0.25, 0.3) is 0 Å². The molecule has 2 heteroatoms. The van der Waals surface area contributed by atoms with Crippen molar-refractivity contribution in [3.63, 3.8) is 0 Å². The number of carboxylic acid groups (broad SMARTS) is 1. The summed E-state index contributed by atoms with van der Waals surface area (Å²) < 4.78 is 0. The summed E-state index contributed by atoms with van der Waals surface area (Å²) in [6.07, 6.45) is 12.6. The fourth-order valence-corrected chi connectivity index (χ4v) is 2.94. The summed E-state index contributed by atoms with van der Waals surface area (Å²) in [6, 6.07) is 0. The summed E-state index contributed by atoms with van der Waals surface area (Å²) in [5, 5.41) is 8.92. The van der Waals surface area contributed by atoms with Gasteiger partial charge >= 0.3 is 5.97 Å². The van der Waals surface area contributed by atoms with Gasteiger partial charge in [0.25, 0.3) is 0 Å². The van der Waals surface area contributed by atoms with Gasteiger partial charge in [0.15, 0.2) is 0 Å². The molecule has 0 aromatic carbocycles. The molecular weight excluding hydrogens is 236 g/mol. The highest BCUT2D eigenvalue weighted by molar-refractivity contribution is 5.66. The summed E-state index contributed by atoms with van der Waals surface area (Å²) in [6.45, 7) is 6.71. The topological polar surface area (TPSA) is 37.3 Å². The minimum atomic E-state index is -0.633. The molecule has 1 atom stereocenters. The van der Waals surface area contributed by atoms with E-state index in [0.717, 1.165) is 12.3 Å². The van der Waals surface area contributed by atoms with Crippen molar-refractivity contribution in [2.75, 3.05) is 0 Å². The van der Waals surface area contributed by atoms with Crippen molar-refractivity contribution in [3.05, 3.63) is 0 Å². The fourth-order valence-electron chi connectivity index (χ4n) is 2.94. The quantitative estimate of drug-likeness (QED) is 0.469. The van der Waals surface area contributed by atoms with E-state index in [-0.39, 0.29) is 0 Å². The van der Waals surface area contributed by atoms with Gasteiger partial charge in [0.2, 0.25) is 0 Å². The Morgan fingerprint density at radius 1 is 0.789 bits per heavy atom. The number of aliphatic carboxylic acids is 1. The number of rotatable bonds is 13. The average molecular weight is 270 g/mol. The minimum absolute atomic E-state index is 0.350. The maximum absolute atomic E-state index is 10.8. The van der Waals surface area contributed by atoms with Crippen molar-refractivity contribution in [1.82, 2.24) is 0 Å². The molecule has 0 rings (SSSR count). The second kappa shape index (κ2) is 12.5. The van der Waals surface area contributed by atoms with Gasteiger partial charge in [-0.3, -0.25) is 4.79 Å². The van der Waals surface area contributed by atoms with Gasteiger partial charge < -0.3 is 5.11 Å². The first-order valence-corrected chi connectivity index (χ1v) is 8.37. The molecule has 2 nitrogen and oxygen atoms in total. The van der Waals surface area contributed by atoms with Crippen molar-refractivity contribution in [3.8, 4) is 0 Å². The highest BCUT2D eigenvalue weighted by Crippen LogP contribution is 2.31. The van der Waals surface area contributed by atoms with Crippen LogP contribution in [0.1, 0.15) is 91.4 Å². The molecule has 0 fully saturated rings. The van der Waals surface area contributed by atoms with Gasteiger partial charge in [-0.1, -0.05) is 78.6 Å². The SMILES string of the molecule is CCCCC(CCCC)C(CCCC)CCC(=O)O. The van der Waals surface area contributed by atoms with Crippen LogP contribution in [0.5, 0.6) is 0 Å². The molecular formula is C17H34O2. The molecule has 0 heterocycles. The predicted molar refractivity (Wildman–Crippen MR) is 82.4 cm³/mol. The van der Waals surface area contributed by atoms with Gasteiger partial charge in [-0.25, -0.2) is 0 Å². The highest BCUT2D eigenvalue weighted by atomic mass is 16.4. The molecule has 0 aliphatic carbocycles. The normalized spacial score (nSPS) is 12.8. The van der Waals surface area contributed by atoms with E-state index < -0.39 is 5.97 Å². The molecule has 0 aliphatic heterocycles. The zero-order valence-corrected chi connectivity index (χ0v) is 13.3. The van der Waals surface area contributed by atoms with Crippen molar-refractivity contribution in [2.45, 2.75) is 91.4 Å². The van der Waals surface area contributed by atoms with Crippen molar-refractivity contribution in [1.29, 1.82) is 0 Å². The summed E-state index contributed by atoms with van der Waals surface area (Å²) in [4.78, 5) is 10.8. The minimum Gasteiger partial charge on any atom is -0.481 e. The summed E-state index contributed by atoms with van der Waals surface area (Å²) in [5.41, 5.74) is 0. The second-order valence-corrected chi connectivity index (χ2v) is 5.88. The lowest BCUT2D eigenvalue weighted by Gasteiger charge is -2.27. The van der Waals surface area contributed by atoms with E-state index in [4.69, 9.17) is 5.11 Å². The van der Waals surface area contributed by atoms with E-state index in [1.54, 1.807) is 0 Å². The van der Waals surface area contributed by atoms with Crippen LogP contribution < -0.4 is 0 Å².